The van der Waals surface area contributed by atoms with Crippen LogP contribution in [0.25, 0.3) is 0 Å². The summed E-state index contributed by atoms with van der Waals surface area (Å²) in [6.07, 6.45) is 0. The maximum absolute atomic E-state index is 4.31. The fourth-order valence-corrected chi connectivity index (χ4v) is 2.04. The molecule has 0 heterocycles. The molecule has 2 N–H and O–H groups in total. The van der Waals surface area contributed by atoms with Gasteiger partial charge in [-0.2, -0.15) is 0 Å². The second-order valence-corrected chi connectivity index (χ2v) is 6.02. The maximum Gasteiger partial charge on any atom is 0.191 e. The van der Waals surface area contributed by atoms with Crippen molar-refractivity contribution < 1.29 is 0 Å². The van der Waals surface area contributed by atoms with Gasteiger partial charge in [0.15, 0.2) is 5.96 Å². The van der Waals surface area contributed by atoms with Gasteiger partial charge in [-0.1, -0.05) is 44.2 Å². The Morgan fingerprint density at radius 3 is 2.18 bits per heavy atom. The second kappa shape index (κ2) is 10.8. The van der Waals surface area contributed by atoms with Crippen molar-refractivity contribution in [1.29, 1.82) is 0 Å². The summed E-state index contributed by atoms with van der Waals surface area (Å²) in [5.41, 5.74) is 1.31. The maximum atomic E-state index is 4.31. The molecule has 0 aliphatic carbocycles. The minimum atomic E-state index is 0. The predicted molar refractivity (Wildman–Crippen MR) is 107 cm³/mol. The summed E-state index contributed by atoms with van der Waals surface area (Å²) >= 11 is 0. The number of likely N-dealkylation sites (N-methyl/N-ethyl adjacent to an activating group) is 1. The normalized spacial score (nSPS) is 14.5. The lowest BCUT2D eigenvalue weighted by molar-refractivity contribution is 0.297. The molecule has 0 saturated heterocycles. The van der Waals surface area contributed by atoms with Gasteiger partial charge in [0.05, 0.1) is 6.04 Å². The first-order valence-electron chi connectivity index (χ1n) is 7.64. The van der Waals surface area contributed by atoms with Crippen LogP contribution in [0.1, 0.15) is 32.4 Å². The number of guanidine groups is 1. The van der Waals surface area contributed by atoms with E-state index in [-0.39, 0.29) is 24.0 Å². The van der Waals surface area contributed by atoms with E-state index in [0.29, 0.717) is 18.0 Å². The van der Waals surface area contributed by atoms with Crippen LogP contribution in [-0.4, -0.2) is 44.6 Å². The summed E-state index contributed by atoms with van der Waals surface area (Å²) in [6, 6.07) is 11.3. The molecule has 5 heteroatoms. The molecule has 0 radical (unpaired) electrons. The zero-order chi connectivity index (χ0) is 15.8. The van der Waals surface area contributed by atoms with Crippen LogP contribution in [-0.2, 0) is 0 Å². The highest BCUT2D eigenvalue weighted by Crippen LogP contribution is 2.16. The highest BCUT2D eigenvalue weighted by molar-refractivity contribution is 14.0. The van der Waals surface area contributed by atoms with Crippen LogP contribution >= 0.6 is 24.0 Å². The second-order valence-electron chi connectivity index (χ2n) is 6.02. The largest absolute Gasteiger partial charge is 0.354 e. The van der Waals surface area contributed by atoms with Gasteiger partial charge in [0.25, 0.3) is 0 Å². The number of hydrogen-bond donors (Lipinski definition) is 2. The van der Waals surface area contributed by atoms with Gasteiger partial charge in [-0.3, -0.25) is 4.99 Å². The van der Waals surface area contributed by atoms with Crippen LogP contribution in [0.3, 0.4) is 0 Å². The summed E-state index contributed by atoms with van der Waals surface area (Å²) < 4.78 is 0. The summed E-state index contributed by atoms with van der Waals surface area (Å²) in [6.45, 7) is 7.41. The molecule has 0 spiro atoms. The minimum Gasteiger partial charge on any atom is -0.354 e. The van der Waals surface area contributed by atoms with Crippen molar-refractivity contribution in [3.8, 4) is 0 Å². The molecular formula is C17H31IN4. The van der Waals surface area contributed by atoms with Crippen molar-refractivity contribution in [2.45, 2.75) is 32.9 Å². The number of nitrogens with one attached hydrogen (secondary N) is 2. The zero-order valence-corrected chi connectivity index (χ0v) is 17.0. The third-order valence-electron chi connectivity index (χ3n) is 3.86. The van der Waals surface area contributed by atoms with Gasteiger partial charge < -0.3 is 15.5 Å². The molecular weight excluding hydrogens is 387 g/mol. The highest BCUT2D eigenvalue weighted by atomic mass is 127. The summed E-state index contributed by atoms with van der Waals surface area (Å²) in [5.74, 6) is 1.43. The van der Waals surface area contributed by atoms with Crippen molar-refractivity contribution in [3.05, 3.63) is 35.9 Å². The van der Waals surface area contributed by atoms with Crippen molar-refractivity contribution in [2.75, 3.05) is 27.7 Å². The lowest BCUT2D eigenvalue weighted by atomic mass is 10.1. The van der Waals surface area contributed by atoms with E-state index in [9.17, 15) is 0 Å². The van der Waals surface area contributed by atoms with Crippen LogP contribution < -0.4 is 10.6 Å². The molecule has 2 unspecified atom stereocenters. The van der Waals surface area contributed by atoms with Crippen LogP contribution in [0.2, 0.25) is 0 Å². The topological polar surface area (TPSA) is 39.7 Å². The third-order valence-corrected chi connectivity index (χ3v) is 3.86. The Morgan fingerprint density at radius 2 is 1.73 bits per heavy atom. The lowest BCUT2D eigenvalue weighted by Gasteiger charge is -2.27. The van der Waals surface area contributed by atoms with E-state index in [1.54, 1.807) is 0 Å². The van der Waals surface area contributed by atoms with Crippen LogP contribution in [0.15, 0.2) is 35.3 Å². The minimum absolute atomic E-state index is 0. The van der Waals surface area contributed by atoms with E-state index in [4.69, 9.17) is 0 Å². The first-order valence-corrected chi connectivity index (χ1v) is 7.64. The smallest absolute Gasteiger partial charge is 0.191 e. The molecule has 126 valence electrons. The van der Waals surface area contributed by atoms with Crippen LogP contribution in [0.5, 0.6) is 0 Å². The van der Waals surface area contributed by atoms with E-state index >= 15 is 0 Å². The Kier molecular flexibility index (Phi) is 10.4. The standard InChI is InChI=1S/C17H30N4.HI/c1-13(2)14(3)20-17(18-4)19-12-16(21(5)6)15-10-8-7-9-11-15;/h7-11,13-14,16H,12H2,1-6H3,(H2,18,19,20);1H. The molecule has 0 saturated carbocycles. The molecule has 1 rings (SSSR count). The summed E-state index contributed by atoms with van der Waals surface area (Å²) in [7, 11) is 6.02. The van der Waals surface area contributed by atoms with Crippen LogP contribution in [0, 0.1) is 5.92 Å². The molecule has 4 nitrogen and oxygen atoms in total. The molecule has 0 amide bonds. The molecule has 0 aliphatic heterocycles. The van der Waals surface area contributed by atoms with Gasteiger partial charge in [0.2, 0.25) is 0 Å². The van der Waals surface area contributed by atoms with E-state index in [1.807, 2.05) is 7.05 Å². The summed E-state index contributed by atoms with van der Waals surface area (Å²) in [5, 5.41) is 6.86. The van der Waals surface area contributed by atoms with Gasteiger partial charge in [0.1, 0.15) is 0 Å². The average molecular weight is 418 g/mol. The monoisotopic (exact) mass is 418 g/mol. The summed E-state index contributed by atoms with van der Waals surface area (Å²) in [4.78, 5) is 6.53. The number of halogens is 1. The van der Waals surface area contributed by atoms with Crippen molar-refractivity contribution in [3.63, 3.8) is 0 Å². The lowest BCUT2D eigenvalue weighted by Crippen LogP contribution is -2.46. The molecule has 0 fully saturated rings. The van der Waals surface area contributed by atoms with E-state index in [2.05, 4.69) is 85.7 Å². The molecule has 1 aromatic rings. The number of aliphatic imine (C=N–C) groups is 1. The van der Waals surface area contributed by atoms with Crippen LogP contribution in [0.4, 0.5) is 0 Å². The SMILES string of the molecule is CN=C(NCC(c1ccccc1)N(C)C)NC(C)C(C)C.I. The van der Waals surface area contributed by atoms with Crippen molar-refractivity contribution in [2.24, 2.45) is 10.9 Å². The van der Waals surface area contributed by atoms with Gasteiger partial charge >= 0.3 is 0 Å². The van der Waals surface area contributed by atoms with Gasteiger partial charge in [0, 0.05) is 19.6 Å². The molecule has 0 aromatic heterocycles. The Balaban J connectivity index is 0.00000441. The zero-order valence-electron chi connectivity index (χ0n) is 14.6. The highest BCUT2D eigenvalue weighted by Gasteiger charge is 2.15. The van der Waals surface area contributed by atoms with E-state index in [1.165, 1.54) is 5.56 Å². The Morgan fingerprint density at radius 1 is 1.14 bits per heavy atom. The first kappa shape index (κ1) is 21.2. The van der Waals surface area contributed by atoms with Gasteiger partial charge in [-0.15, -0.1) is 24.0 Å². The number of rotatable bonds is 6. The Hall–Kier alpha value is -0.820. The molecule has 2 atom stereocenters. The van der Waals surface area contributed by atoms with E-state index < -0.39 is 0 Å². The first-order chi connectivity index (χ1) is 9.95. The average Bonchev–Trinajstić information content (AvgIpc) is 2.46. The van der Waals surface area contributed by atoms with Crippen molar-refractivity contribution in [1.82, 2.24) is 15.5 Å². The van der Waals surface area contributed by atoms with E-state index in [0.717, 1.165) is 12.5 Å². The fraction of sp³-hybridized carbons (Fsp3) is 0.588. The molecule has 1 aromatic carbocycles. The molecule has 0 aliphatic rings. The molecule has 22 heavy (non-hydrogen) atoms. The number of benzene rings is 1. The predicted octanol–water partition coefficient (Wildman–Crippen LogP) is 3.12. The quantitative estimate of drug-likeness (QED) is 0.424. The fourth-order valence-electron chi connectivity index (χ4n) is 2.04. The van der Waals surface area contributed by atoms with Crippen molar-refractivity contribution >= 4 is 29.9 Å². The number of hydrogen-bond acceptors (Lipinski definition) is 2. The Labute approximate surface area is 152 Å². The third kappa shape index (κ3) is 6.96. The van der Waals surface area contributed by atoms with Gasteiger partial charge in [-0.05, 0) is 32.5 Å². The number of nitrogens with zero attached hydrogens (tertiary/aromatic N) is 2. The molecule has 0 bridgehead atoms. The Bertz CT molecular complexity index is 432. The van der Waals surface area contributed by atoms with Gasteiger partial charge in [-0.25, -0.2) is 0 Å².